The van der Waals surface area contributed by atoms with Gasteiger partial charge >= 0.3 is 0 Å². The number of fused-ring (bicyclic) bond motifs is 1. The number of hydrogen-bond acceptors (Lipinski definition) is 8. The standard InChI is InChI=1S/C34H40FN3O6/c1-33(32(36)40)21-44-31-25(33)20-29(37-30(31)22-7-10-24(35)11-8-22)34(2,41)14-13-26(39)23-9-12-27(28(19-23)42-3)43-18-17-38-15-5-4-6-16-38/h7-12,19-20,41H,4-6,13-18,21H2,1-3H3,(H2,36,40)/t33-,34-/m0/s1. The van der Waals surface area contributed by atoms with Crippen molar-refractivity contribution in [1.82, 2.24) is 9.88 Å². The Kier molecular flexibility index (Phi) is 9.22. The lowest BCUT2D eigenvalue weighted by Crippen LogP contribution is -2.40. The first-order valence-electron chi connectivity index (χ1n) is 15.1. The number of primary amides is 1. The van der Waals surface area contributed by atoms with Crippen LogP contribution in [0.4, 0.5) is 4.39 Å². The molecule has 1 saturated heterocycles. The first-order chi connectivity index (χ1) is 21.0. The number of amides is 1. The Labute approximate surface area is 257 Å². The van der Waals surface area contributed by atoms with Crippen LogP contribution < -0.4 is 19.9 Å². The highest BCUT2D eigenvalue weighted by atomic mass is 19.1. The molecule has 1 amide bonds. The van der Waals surface area contributed by atoms with Gasteiger partial charge in [0, 0.05) is 29.7 Å². The zero-order valence-corrected chi connectivity index (χ0v) is 25.5. The van der Waals surface area contributed by atoms with Crippen molar-refractivity contribution in [3.05, 3.63) is 71.2 Å². The Morgan fingerprint density at radius 1 is 1.11 bits per heavy atom. The van der Waals surface area contributed by atoms with E-state index < -0.39 is 22.7 Å². The Morgan fingerprint density at radius 2 is 1.84 bits per heavy atom. The topological polar surface area (TPSA) is 124 Å². The summed E-state index contributed by atoms with van der Waals surface area (Å²) < 4.78 is 31.1. The number of methoxy groups -OCH3 is 1. The van der Waals surface area contributed by atoms with Crippen molar-refractivity contribution in [1.29, 1.82) is 0 Å². The Morgan fingerprint density at radius 3 is 2.52 bits per heavy atom. The summed E-state index contributed by atoms with van der Waals surface area (Å²) in [5, 5.41) is 11.6. The Balaban J connectivity index is 1.33. The minimum absolute atomic E-state index is 0.0113. The molecule has 44 heavy (non-hydrogen) atoms. The molecule has 1 aromatic heterocycles. The smallest absolute Gasteiger partial charge is 0.231 e. The van der Waals surface area contributed by atoms with E-state index in [1.807, 2.05) is 0 Å². The quantitative estimate of drug-likeness (QED) is 0.283. The molecule has 0 radical (unpaired) electrons. The van der Waals surface area contributed by atoms with Gasteiger partial charge in [-0.15, -0.1) is 0 Å². The van der Waals surface area contributed by atoms with Gasteiger partial charge in [0.2, 0.25) is 5.91 Å². The van der Waals surface area contributed by atoms with E-state index in [-0.39, 0.29) is 30.9 Å². The molecule has 0 aliphatic carbocycles. The van der Waals surface area contributed by atoms with Crippen molar-refractivity contribution in [2.45, 2.75) is 57.0 Å². The number of halogens is 1. The van der Waals surface area contributed by atoms with E-state index in [9.17, 15) is 19.1 Å². The van der Waals surface area contributed by atoms with Crippen LogP contribution in [-0.2, 0) is 15.8 Å². The van der Waals surface area contributed by atoms with Crippen LogP contribution in [0.5, 0.6) is 17.2 Å². The number of ketones is 1. The Hall–Kier alpha value is -4.02. The first kappa shape index (κ1) is 31.4. The van der Waals surface area contributed by atoms with E-state index in [4.69, 9.17) is 24.9 Å². The van der Waals surface area contributed by atoms with Crippen LogP contribution in [0.25, 0.3) is 11.3 Å². The van der Waals surface area contributed by atoms with Gasteiger partial charge in [-0.2, -0.15) is 0 Å². The van der Waals surface area contributed by atoms with E-state index in [1.165, 1.54) is 38.5 Å². The number of Topliss-reactive ketones (excluding diaryl/α,β-unsaturated/α-hetero) is 1. The van der Waals surface area contributed by atoms with Crippen LogP contribution in [0.2, 0.25) is 0 Å². The number of pyridine rings is 1. The first-order valence-corrected chi connectivity index (χ1v) is 15.1. The number of aliphatic hydroxyl groups is 1. The predicted octanol–water partition coefficient (Wildman–Crippen LogP) is 4.77. The van der Waals surface area contributed by atoms with Gasteiger partial charge in [-0.1, -0.05) is 6.42 Å². The van der Waals surface area contributed by atoms with Crippen molar-refractivity contribution < 1.29 is 33.3 Å². The second kappa shape index (κ2) is 12.9. The van der Waals surface area contributed by atoms with Crippen LogP contribution in [0.15, 0.2) is 48.5 Å². The lowest BCUT2D eigenvalue weighted by atomic mass is 9.81. The molecular weight excluding hydrogens is 565 g/mol. The highest BCUT2D eigenvalue weighted by molar-refractivity contribution is 5.96. The van der Waals surface area contributed by atoms with Crippen LogP contribution in [0.1, 0.15) is 67.6 Å². The average Bonchev–Trinajstić information content (AvgIpc) is 3.38. The molecule has 234 valence electrons. The lowest BCUT2D eigenvalue weighted by Gasteiger charge is -2.26. The normalized spacial score (nSPS) is 19.5. The van der Waals surface area contributed by atoms with Gasteiger partial charge in [-0.05, 0) is 94.7 Å². The fourth-order valence-electron chi connectivity index (χ4n) is 5.72. The molecule has 10 heteroatoms. The van der Waals surface area contributed by atoms with Gasteiger partial charge in [0.15, 0.2) is 17.3 Å². The van der Waals surface area contributed by atoms with Crippen molar-refractivity contribution >= 4 is 11.7 Å². The van der Waals surface area contributed by atoms with Gasteiger partial charge in [0.25, 0.3) is 0 Å². The third-order valence-electron chi connectivity index (χ3n) is 8.72. The van der Waals surface area contributed by atoms with Gasteiger partial charge in [-0.25, -0.2) is 9.37 Å². The molecule has 2 aliphatic heterocycles. The van der Waals surface area contributed by atoms with Crippen LogP contribution >= 0.6 is 0 Å². The third kappa shape index (κ3) is 6.56. The molecule has 3 N–H and O–H groups in total. The molecule has 3 aromatic rings. The summed E-state index contributed by atoms with van der Waals surface area (Å²) in [4.78, 5) is 32.8. The third-order valence-corrected chi connectivity index (χ3v) is 8.72. The fourth-order valence-corrected chi connectivity index (χ4v) is 5.72. The molecule has 0 spiro atoms. The number of nitrogens with zero attached hydrogens (tertiary/aromatic N) is 2. The summed E-state index contributed by atoms with van der Waals surface area (Å²) in [5.74, 6) is 0.219. The van der Waals surface area contributed by atoms with Gasteiger partial charge < -0.3 is 25.1 Å². The van der Waals surface area contributed by atoms with Crippen LogP contribution in [-0.4, -0.2) is 66.6 Å². The predicted molar refractivity (Wildman–Crippen MR) is 164 cm³/mol. The number of carbonyl (C=O) groups excluding carboxylic acids is 2. The van der Waals surface area contributed by atoms with E-state index in [2.05, 4.69) is 4.90 Å². The molecule has 9 nitrogen and oxygen atoms in total. The van der Waals surface area contributed by atoms with Crippen molar-refractivity contribution in [2.75, 3.05) is 40.0 Å². The zero-order valence-electron chi connectivity index (χ0n) is 25.5. The largest absolute Gasteiger partial charge is 0.493 e. The number of likely N-dealkylation sites (tertiary alicyclic amines) is 1. The highest BCUT2D eigenvalue weighted by Gasteiger charge is 2.45. The van der Waals surface area contributed by atoms with Crippen LogP contribution in [0, 0.1) is 5.82 Å². The van der Waals surface area contributed by atoms with E-state index in [1.54, 1.807) is 50.2 Å². The number of piperidine rings is 1. The van der Waals surface area contributed by atoms with Crippen molar-refractivity contribution in [3.63, 3.8) is 0 Å². The van der Waals surface area contributed by atoms with Crippen molar-refractivity contribution in [2.24, 2.45) is 5.73 Å². The maximum Gasteiger partial charge on any atom is 0.231 e. The van der Waals surface area contributed by atoms with Crippen molar-refractivity contribution in [3.8, 4) is 28.5 Å². The summed E-state index contributed by atoms with van der Waals surface area (Å²) in [6, 6.07) is 12.4. The molecule has 2 aromatic carbocycles. The Bertz CT molecular complexity index is 1520. The summed E-state index contributed by atoms with van der Waals surface area (Å²) in [5.41, 5.74) is 5.13. The number of hydrogen-bond donors (Lipinski definition) is 2. The molecule has 2 atom stereocenters. The SMILES string of the molecule is COc1cc(C(=O)CC[C@](C)(O)c2cc3c(c(-c4ccc(F)cc4)n2)OC[C@]3(C)C(N)=O)ccc1OCCN1CCCCC1. The monoisotopic (exact) mass is 605 g/mol. The molecule has 0 unspecified atom stereocenters. The number of rotatable bonds is 12. The number of aromatic nitrogens is 1. The number of carbonyl (C=O) groups is 2. The molecule has 0 saturated carbocycles. The molecule has 0 bridgehead atoms. The highest BCUT2D eigenvalue weighted by Crippen LogP contribution is 2.46. The molecular formula is C34H40FN3O6. The lowest BCUT2D eigenvalue weighted by molar-refractivity contribution is -0.123. The summed E-state index contributed by atoms with van der Waals surface area (Å²) >= 11 is 0. The molecule has 5 rings (SSSR count). The second-order valence-corrected chi connectivity index (χ2v) is 12.0. The summed E-state index contributed by atoms with van der Waals surface area (Å²) in [6.45, 7) is 6.79. The molecule has 1 fully saturated rings. The second-order valence-electron chi connectivity index (χ2n) is 12.0. The molecule has 2 aliphatic rings. The van der Waals surface area contributed by atoms with Gasteiger partial charge in [-0.3, -0.25) is 14.5 Å². The number of nitrogens with two attached hydrogens (primary N) is 1. The zero-order chi connectivity index (χ0) is 31.5. The summed E-state index contributed by atoms with van der Waals surface area (Å²) in [6.07, 6.45) is 3.77. The molecule has 3 heterocycles. The van der Waals surface area contributed by atoms with Gasteiger partial charge in [0.05, 0.1) is 12.8 Å². The number of ether oxygens (including phenoxy) is 3. The van der Waals surface area contributed by atoms with Crippen LogP contribution in [0.3, 0.4) is 0 Å². The van der Waals surface area contributed by atoms with E-state index >= 15 is 0 Å². The fraction of sp³-hybridized carbons (Fsp3) is 0.441. The average molecular weight is 606 g/mol. The van der Waals surface area contributed by atoms with E-state index in [0.29, 0.717) is 46.2 Å². The number of benzene rings is 2. The summed E-state index contributed by atoms with van der Waals surface area (Å²) in [7, 11) is 1.54. The van der Waals surface area contributed by atoms with E-state index in [0.717, 1.165) is 19.6 Å². The minimum Gasteiger partial charge on any atom is -0.493 e. The maximum absolute atomic E-state index is 13.7. The van der Waals surface area contributed by atoms with Gasteiger partial charge in [0.1, 0.15) is 41.5 Å². The maximum atomic E-state index is 13.7. The minimum atomic E-state index is -1.55.